The first kappa shape index (κ1) is 23.9. The Labute approximate surface area is 203 Å². The van der Waals surface area contributed by atoms with Gasteiger partial charge >= 0.3 is 12.1 Å². The molecule has 8 nitrogen and oxygen atoms in total. The molecule has 3 aromatic rings. The lowest BCUT2D eigenvalue weighted by Crippen LogP contribution is -2.40. The highest BCUT2D eigenvalue weighted by atomic mass is 16.5. The van der Waals surface area contributed by atoms with E-state index in [9.17, 15) is 14.4 Å². The summed E-state index contributed by atoms with van der Waals surface area (Å²) in [6, 6.07) is 18.8. The van der Waals surface area contributed by atoms with E-state index in [1.807, 2.05) is 36.4 Å². The Hall–Kier alpha value is -4.20. The highest BCUT2D eigenvalue weighted by Gasteiger charge is 2.30. The number of carbonyl (C=O) groups excluding carboxylic acids is 2. The number of fused-ring (bicyclic) bond motifs is 3. The van der Waals surface area contributed by atoms with Gasteiger partial charge in [-0.3, -0.25) is 14.9 Å². The van der Waals surface area contributed by atoms with Crippen molar-refractivity contribution in [1.29, 1.82) is 0 Å². The maximum absolute atomic E-state index is 13.1. The first-order valence-electron chi connectivity index (χ1n) is 11.5. The van der Waals surface area contributed by atoms with Gasteiger partial charge < -0.3 is 14.7 Å². The van der Waals surface area contributed by atoms with Gasteiger partial charge in [0, 0.05) is 24.7 Å². The summed E-state index contributed by atoms with van der Waals surface area (Å²) < 4.78 is 5.58. The molecule has 0 spiro atoms. The predicted molar refractivity (Wildman–Crippen MR) is 131 cm³/mol. The number of benzene rings is 2. The van der Waals surface area contributed by atoms with Gasteiger partial charge in [0.2, 0.25) is 0 Å². The fourth-order valence-electron chi connectivity index (χ4n) is 4.58. The third kappa shape index (κ3) is 5.01. The maximum atomic E-state index is 13.1. The van der Waals surface area contributed by atoms with E-state index in [2.05, 4.69) is 22.4 Å². The molecule has 1 atom stereocenters. The highest BCUT2D eigenvalue weighted by molar-refractivity contribution is 6.01. The molecule has 0 saturated heterocycles. The molecule has 8 heteroatoms. The molecule has 4 rings (SSSR count). The normalized spacial score (nSPS) is 12.9. The van der Waals surface area contributed by atoms with Crippen LogP contribution in [0.15, 0.2) is 66.9 Å². The van der Waals surface area contributed by atoms with Crippen LogP contribution in [-0.2, 0) is 9.53 Å². The van der Waals surface area contributed by atoms with Crippen molar-refractivity contribution in [2.45, 2.75) is 32.2 Å². The Morgan fingerprint density at radius 3 is 2.26 bits per heavy atom. The Bertz CT molecular complexity index is 1210. The van der Waals surface area contributed by atoms with Gasteiger partial charge in [-0.25, -0.2) is 9.78 Å². The summed E-state index contributed by atoms with van der Waals surface area (Å²) in [6.07, 6.45) is 0.559. The van der Waals surface area contributed by atoms with Crippen molar-refractivity contribution < 1.29 is 24.2 Å². The zero-order valence-corrected chi connectivity index (χ0v) is 19.6. The third-order valence-electron chi connectivity index (χ3n) is 6.19. The quantitative estimate of drug-likeness (QED) is 0.488. The average molecular weight is 474 g/mol. The lowest BCUT2D eigenvalue weighted by molar-refractivity contribution is -0.138. The van der Waals surface area contributed by atoms with Crippen LogP contribution in [0.2, 0.25) is 0 Å². The monoisotopic (exact) mass is 473 g/mol. The number of nitrogens with zero attached hydrogens (tertiary/aromatic N) is 2. The Morgan fingerprint density at radius 2 is 1.66 bits per heavy atom. The fraction of sp³-hybridized carbons (Fsp3) is 0.259. The number of amides is 2. The van der Waals surface area contributed by atoms with E-state index >= 15 is 0 Å². The molecular formula is C27H27N3O5. The molecule has 1 heterocycles. The number of carboxylic acids is 1. The van der Waals surface area contributed by atoms with Gasteiger partial charge in [0.05, 0.1) is 12.1 Å². The lowest BCUT2D eigenvalue weighted by Gasteiger charge is -2.27. The molecule has 0 saturated carbocycles. The van der Waals surface area contributed by atoms with E-state index in [-0.39, 0.29) is 30.3 Å². The van der Waals surface area contributed by atoms with Crippen LogP contribution in [0.5, 0.6) is 0 Å². The first-order valence-corrected chi connectivity index (χ1v) is 11.5. The minimum absolute atomic E-state index is 0.0279. The number of rotatable bonds is 8. The van der Waals surface area contributed by atoms with Crippen molar-refractivity contribution in [2.24, 2.45) is 0 Å². The van der Waals surface area contributed by atoms with Gasteiger partial charge in [-0.1, -0.05) is 48.5 Å². The number of pyridine rings is 1. The molecule has 1 aliphatic carbocycles. The van der Waals surface area contributed by atoms with Crippen LogP contribution in [0.25, 0.3) is 11.1 Å². The zero-order valence-electron chi connectivity index (χ0n) is 19.6. The first-order chi connectivity index (χ1) is 16.9. The molecule has 1 unspecified atom stereocenters. The van der Waals surface area contributed by atoms with E-state index in [1.54, 1.807) is 26.0 Å². The van der Waals surface area contributed by atoms with Gasteiger partial charge in [-0.2, -0.15) is 0 Å². The largest absolute Gasteiger partial charge is 0.481 e. The molecule has 0 radical (unpaired) electrons. The fourth-order valence-corrected chi connectivity index (χ4v) is 4.58. The Balaban J connectivity index is 1.47. The van der Waals surface area contributed by atoms with Crippen LogP contribution in [0, 0.1) is 0 Å². The van der Waals surface area contributed by atoms with Crippen LogP contribution in [0.4, 0.5) is 10.5 Å². The van der Waals surface area contributed by atoms with Gasteiger partial charge in [0.25, 0.3) is 5.91 Å². The van der Waals surface area contributed by atoms with Gasteiger partial charge in [0.15, 0.2) is 5.69 Å². The van der Waals surface area contributed by atoms with Crippen molar-refractivity contribution >= 4 is 23.7 Å². The number of nitrogens with one attached hydrogen (secondary N) is 1. The molecule has 2 N–H and O–H groups in total. The number of aromatic nitrogens is 1. The van der Waals surface area contributed by atoms with Gasteiger partial charge in [-0.15, -0.1) is 0 Å². The van der Waals surface area contributed by atoms with Crippen LogP contribution < -0.4 is 5.32 Å². The number of hydrogen-bond acceptors (Lipinski definition) is 5. The smallest absolute Gasteiger partial charge is 0.411 e. The molecule has 35 heavy (non-hydrogen) atoms. The summed E-state index contributed by atoms with van der Waals surface area (Å²) in [4.78, 5) is 42.5. The molecule has 2 aromatic carbocycles. The molecule has 0 fully saturated rings. The lowest BCUT2D eigenvalue weighted by atomic mass is 9.98. The summed E-state index contributed by atoms with van der Waals surface area (Å²) >= 11 is 0. The maximum Gasteiger partial charge on any atom is 0.411 e. The van der Waals surface area contributed by atoms with E-state index in [1.165, 1.54) is 11.1 Å². The molecule has 180 valence electrons. The SMILES string of the molecule is CCN(C(=O)c1ncccc1NC(=O)OCC1c2ccccc2-c2ccccc21)C(C)CC(=O)O. The van der Waals surface area contributed by atoms with Crippen molar-refractivity contribution in [3.63, 3.8) is 0 Å². The van der Waals surface area contributed by atoms with E-state index in [0.29, 0.717) is 6.54 Å². The molecular weight excluding hydrogens is 446 g/mol. The Kier molecular flexibility index (Phi) is 7.10. The second-order valence-corrected chi connectivity index (χ2v) is 8.39. The van der Waals surface area contributed by atoms with Crippen LogP contribution >= 0.6 is 0 Å². The number of carbonyl (C=O) groups is 3. The topological polar surface area (TPSA) is 109 Å². The van der Waals surface area contributed by atoms with Crippen LogP contribution in [0.3, 0.4) is 0 Å². The molecule has 2 amide bonds. The van der Waals surface area contributed by atoms with Gasteiger partial charge in [0.1, 0.15) is 6.61 Å². The second-order valence-electron chi connectivity index (χ2n) is 8.39. The van der Waals surface area contributed by atoms with E-state index < -0.39 is 24.0 Å². The molecule has 0 bridgehead atoms. The van der Waals surface area contributed by atoms with Crippen LogP contribution in [0.1, 0.15) is 47.8 Å². The summed E-state index contributed by atoms with van der Waals surface area (Å²) in [6.45, 7) is 3.86. The minimum Gasteiger partial charge on any atom is -0.481 e. The second kappa shape index (κ2) is 10.4. The molecule has 0 aliphatic heterocycles. The third-order valence-corrected chi connectivity index (χ3v) is 6.19. The van der Waals surface area contributed by atoms with Crippen molar-refractivity contribution in [3.05, 3.63) is 83.7 Å². The predicted octanol–water partition coefficient (Wildman–Crippen LogP) is 4.77. The summed E-state index contributed by atoms with van der Waals surface area (Å²) in [5, 5.41) is 11.7. The number of aliphatic carboxylic acids is 1. The summed E-state index contributed by atoms with van der Waals surface area (Å²) in [5.74, 6) is -1.55. The minimum atomic E-state index is -0.998. The number of ether oxygens (including phenoxy) is 1. The molecule has 1 aromatic heterocycles. The average Bonchev–Trinajstić information content (AvgIpc) is 3.17. The standard InChI is InChI=1S/C27H27N3O5/c1-3-30(17(2)15-24(31)32)26(33)25-23(13-8-14-28-25)29-27(34)35-16-22-20-11-6-4-9-18(20)19-10-5-7-12-21(19)22/h4-14,17,22H,3,15-16H2,1-2H3,(H,29,34)(H,31,32). The van der Waals surface area contributed by atoms with Crippen molar-refractivity contribution in [2.75, 3.05) is 18.5 Å². The van der Waals surface area contributed by atoms with Crippen molar-refractivity contribution in [1.82, 2.24) is 9.88 Å². The summed E-state index contributed by atoms with van der Waals surface area (Å²) in [5.41, 5.74) is 4.70. The highest BCUT2D eigenvalue weighted by Crippen LogP contribution is 2.44. The number of anilines is 1. The van der Waals surface area contributed by atoms with E-state index in [0.717, 1.165) is 22.3 Å². The summed E-state index contributed by atoms with van der Waals surface area (Å²) in [7, 11) is 0. The Morgan fingerprint density at radius 1 is 1.03 bits per heavy atom. The van der Waals surface area contributed by atoms with E-state index in [4.69, 9.17) is 9.84 Å². The van der Waals surface area contributed by atoms with Gasteiger partial charge in [-0.05, 0) is 48.2 Å². The number of carboxylic acid groups (broad SMARTS) is 1. The van der Waals surface area contributed by atoms with Crippen molar-refractivity contribution in [3.8, 4) is 11.1 Å². The zero-order chi connectivity index (χ0) is 24.9. The van der Waals surface area contributed by atoms with Crippen LogP contribution in [-0.4, -0.2) is 52.2 Å². The number of hydrogen-bond donors (Lipinski definition) is 2. The molecule has 1 aliphatic rings.